The monoisotopic (exact) mass is 376 g/mol. The van der Waals surface area contributed by atoms with E-state index in [-0.39, 0.29) is 16.7 Å². The minimum Gasteiger partial charge on any atom is -0.390 e. The zero-order valence-electron chi connectivity index (χ0n) is 17.4. The second-order valence-corrected chi connectivity index (χ2v) is 11.2. The summed E-state index contributed by atoms with van der Waals surface area (Å²) >= 11 is 0. The fraction of sp³-hybridized carbons (Fsp3) is 0.913. The minimum atomic E-state index is -0.763. The molecule has 2 N–H and O–H groups in total. The Kier molecular flexibility index (Phi) is 3.71. The van der Waals surface area contributed by atoms with Gasteiger partial charge in [0.05, 0.1) is 24.4 Å². The minimum absolute atomic E-state index is 0.00273. The molecule has 0 amide bonds. The second-order valence-electron chi connectivity index (χ2n) is 11.2. The molecule has 7 atom stereocenters. The van der Waals surface area contributed by atoms with Gasteiger partial charge in [-0.25, -0.2) is 0 Å². The quantitative estimate of drug-likeness (QED) is 0.631. The molecule has 0 radical (unpaired) electrons. The first-order valence-electron chi connectivity index (χ1n) is 11.0. The molecule has 5 unspecified atom stereocenters. The highest BCUT2D eigenvalue weighted by Crippen LogP contribution is 2.70. The summed E-state index contributed by atoms with van der Waals surface area (Å²) in [5, 5.41) is 22.9. The first kappa shape index (κ1) is 18.6. The molecule has 1 aliphatic heterocycles. The highest BCUT2D eigenvalue weighted by Gasteiger charge is 2.68. The van der Waals surface area contributed by atoms with Crippen LogP contribution in [0.1, 0.15) is 72.6 Å². The summed E-state index contributed by atoms with van der Waals surface area (Å²) in [6.07, 6.45) is 8.86. The molecule has 0 aromatic heterocycles. The smallest absolute Gasteiger partial charge is 0.172 e. The highest BCUT2D eigenvalue weighted by atomic mass is 16.7. The van der Waals surface area contributed by atoms with E-state index in [4.69, 9.17) is 9.47 Å². The van der Waals surface area contributed by atoms with Crippen LogP contribution in [0.2, 0.25) is 0 Å². The third-order valence-electron chi connectivity index (χ3n) is 9.69. The van der Waals surface area contributed by atoms with Gasteiger partial charge >= 0.3 is 0 Å². The Balaban J connectivity index is 1.55. The lowest BCUT2D eigenvalue weighted by Gasteiger charge is -2.64. The lowest BCUT2D eigenvalue weighted by molar-refractivity contribution is -0.222. The molecule has 4 heteroatoms. The molecule has 4 fully saturated rings. The summed E-state index contributed by atoms with van der Waals surface area (Å²) in [5.74, 6) is 0.767. The van der Waals surface area contributed by atoms with Crippen molar-refractivity contribution in [3.8, 4) is 0 Å². The van der Waals surface area contributed by atoms with Crippen molar-refractivity contribution in [2.45, 2.75) is 89.6 Å². The van der Waals surface area contributed by atoms with Crippen molar-refractivity contribution in [1.82, 2.24) is 0 Å². The predicted molar refractivity (Wildman–Crippen MR) is 103 cm³/mol. The van der Waals surface area contributed by atoms with Crippen LogP contribution in [-0.4, -0.2) is 40.4 Å². The Morgan fingerprint density at radius 2 is 1.70 bits per heavy atom. The van der Waals surface area contributed by atoms with Crippen LogP contribution < -0.4 is 0 Å². The van der Waals surface area contributed by atoms with Crippen LogP contribution in [0.4, 0.5) is 0 Å². The number of ether oxygens (including phenoxy) is 2. The molecule has 152 valence electrons. The zero-order chi connectivity index (χ0) is 19.3. The van der Waals surface area contributed by atoms with Gasteiger partial charge in [0, 0.05) is 18.3 Å². The molecule has 5 rings (SSSR count). The average Bonchev–Trinajstić information content (AvgIpc) is 3.10. The van der Waals surface area contributed by atoms with Gasteiger partial charge in [-0.1, -0.05) is 25.5 Å². The molecule has 0 aromatic carbocycles. The van der Waals surface area contributed by atoms with E-state index in [0.29, 0.717) is 31.5 Å². The Morgan fingerprint density at radius 3 is 2.41 bits per heavy atom. The Morgan fingerprint density at radius 1 is 1.00 bits per heavy atom. The first-order valence-corrected chi connectivity index (χ1v) is 11.0. The first-order chi connectivity index (χ1) is 12.5. The van der Waals surface area contributed by atoms with Crippen molar-refractivity contribution in [2.75, 3.05) is 13.2 Å². The molecule has 5 aliphatic rings. The van der Waals surface area contributed by atoms with Crippen molar-refractivity contribution < 1.29 is 19.7 Å². The van der Waals surface area contributed by atoms with E-state index in [9.17, 15) is 10.2 Å². The summed E-state index contributed by atoms with van der Waals surface area (Å²) in [6.45, 7) is 10.0. The van der Waals surface area contributed by atoms with Gasteiger partial charge in [-0.15, -0.1) is 0 Å². The number of hydrogen-bond donors (Lipinski definition) is 2. The van der Waals surface area contributed by atoms with E-state index in [2.05, 4.69) is 19.9 Å². The molecule has 0 aromatic rings. The van der Waals surface area contributed by atoms with Crippen LogP contribution in [0.3, 0.4) is 0 Å². The number of aliphatic hydroxyl groups is 2. The van der Waals surface area contributed by atoms with Gasteiger partial charge in [-0.3, -0.25) is 0 Å². The zero-order valence-corrected chi connectivity index (χ0v) is 17.4. The van der Waals surface area contributed by atoms with Crippen molar-refractivity contribution in [3.63, 3.8) is 0 Å². The van der Waals surface area contributed by atoms with Crippen molar-refractivity contribution in [3.05, 3.63) is 11.6 Å². The summed E-state index contributed by atoms with van der Waals surface area (Å²) < 4.78 is 12.0. The van der Waals surface area contributed by atoms with E-state index >= 15 is 0 Å². The van der Waals surface area contributed by atoms with Crippen LogP contribution in [0.25, 0.3) is 0 Å². The number of allylic oxidation sites excluding steroid dienone is 1. The Hall–Kier alpha value is -0.420. The topological polar surface area (TPSA) is 58.9 Å². The van der Waals surface area contributed by atoms with Gasteiger partial charge in [0.15, 0.2) is 5.79 Å². The number of fused-ring (bicyclic) bond motifs is 5. The average molecular weight is 377 g/mol. The summed E-state index contributed by atoms with van der Waals surface area (Å²) in [6, 6.07) is 0. The summed E-state index contributed by atoms with van der Waals surface area (Å²) in [4.78, 5) is 0. The van der Waals surface area contributed by atoms with E-state index in [0.717, 1.165) is 38.5 Å². The molecule has 27 heavy (non-hydrogen) atoms. The van der Waals surface area contributed by atoms with Gasteiger partial charge in [0.25, 0.3) is 0 Å². The number of hydrogen-bond acceptors (Lipinski definition) is 4. The molecular weight excluding hydrogens is 340 g/mol. The lowest BCUT2D eigenvalue weighted by atomic mass is 9.43. The predicted octanol–water partition coefficient (Wildman–Crippen LogP) is 3.80. The molecule has 1 saturated heterocycles. The standard InChI is InChI=1S/C23H36O4/c1-19-9-10-23(26-11-12-27-23)13-15(19)5-6-16-17-7-8-22(4,25)20(17,2)14-21(3,24)18(16)19/h5,16-18,24-25H,6-14H2,1-4H3/t16?,17?,18?,19?,20?,21-,22-/m0/s1. The van der Waals surface area contributed by atoms with Crippen LogP contribution in [-0.2, 0) is 9.47 Å². The van der Waals surface area contributed by atoms with Crippen LogP contribution in [0.15, 0.2) is 11.6 Å². The fourth-order valence-corrected chi connectivity index (χ4v) is 8.33. The molecule has 4 nitrogen and oxygen atoms in total. The molecule has 3 saturated carbocycles. The van der Waals surface area contributed by atoms with Gasteiger partial charge in [-0.2, -0.15) is 0 Å². The molecule has 0 bridgehead atoms. The van der Waals surface area contributed by atoms with Crippen LogP contribution in [0.5, 0.6) is 0 Å². The fourth-order valence-electron chi connectivity index (χ4n) is 8.33. The second kappa shape index (κ2) is 5.38. The highest BCUT2D eigenvalue weighted by molar-refractivity contribution is 5.30. The van der Waals surface area contributed by atoms with Gasteiger partial charge in [-0.05, 0) is 69.1 Å². The molecule has 1 spiro atoms. The van der Waals surface area contributed by atoms with Crippen LogP contribution in [0, 0.1) is 28.6 Å². The van der Waals surface area contributed by atoms with Gasteiger partial charge in [0.1, 0.15) is 0 Å². The number of rotatable bonds is 0. The van der Waals surface area contributed by atoms with E-state index in [1.807, 2.05) is 13.8 Å². The third kappa shape index (κ3) is 2.30. The Labute approximate surface area is 163 Å². The largest absolute Gasteiger partial charge is 0.390 e. The Bertz CT molecular complexity index is 674. The van der Waals surface area contributed by atoms with E-state index < -0.39 is 17.0 Å². The van der Waals surface area contributed by atoms with Gasteiger partial charge < -0.3 is 19.7 Å². The SMILES string of the molecule is CC12CCC3(CC1=CCC1C4CC[C@](C)(O)C4(C)C[C@](C)(O)C12)OCCO3. The maximum atomic E-state index is 11.8. The molecule has 4 aliphatic carbocycles. The maximum Gasteiger partial charge on any atom is 0.172 e. The maximum absolute atomic E-state index is 11.8. The molecule has 1 heterocycles. The van der Waals surface area contributed by atoms with E-state index in [1.54, 1.807) is 0 Å². The van der Waals surface area contributed by atoms with E-state index in [1.165, 1.54) is 5.57 Å². The van der Waals surface area contributed by atoms with Crippen LogP contribution >= 0.6 is 0 Å². The summed E-state index contributed by atoms with van der Waals surface area (Å²) in [5.41, 5.74) is -0.207. The lowest BCUT2D eigenvalue weighted by Crippen LogP contribution is -2.64. The van der Waals surface area contributed by atoms with Crippen molar-refractivity contribution in [1.29, 1.82) is 0 Å². The van der Waals surface area contributed by atoms with Crippen molar-refractivity contribution >= 4 is 0 Å². The summed E-state index contributed by atoms with van der Waals surface area (Å²) in [7, 11) is 0. The molecular formula is C23H36O4. The van der Waals surface area contributed by atoms with Gasteiger partial charge in [0.2, 0.25) is 0 Å². The third-order valence-corrected chi connectivity index (χ3v) is 9.69. The normalized spacial score (nSPS) is 56.4. The van der Waals surface area contributed by atoms with Crippen molar-refractivity contribution in [2.24, 2.45) is 28.6 Å².